The fourth-order valence-electron chi connectivity index (χ4n) is 3.08. The van der Waals surface area contributed by atoms with Gasteiger partial charge in [-0.05, 0) is 38.3 Å². The third-order valence-electron chi connectivity index (χ3n) is 4.16. The quantitative estimate of drug-likeness (QED) is 0.668. The van der Waals surface area contributed by atoms with Gasteiger partial charge in [-0.25, -0.2) is 0 Å². The van der Waals surface area contributed by atoms with E-state index in [9.17, 15) is 14.9 Å². The van der Waals surface area contributed by atoms with Crippen molar-refractivity contribution in [3.63, 3.8) is 0 Å². The topological polar surface area (TPSA) is 89.5 Å². The van der Waals surface area contributed by atoms with Gasteiger partial charge in [-0.1, -0.05) is 24.2 Å². The van der Waals surface area contributed by atoms with Crippen LogP contribution in [0.5, 0.6) is 0 Å². The number of carbonyl (C=O) groups is 1. The number of hydrogen-bond acceptors (Lipinski definition) is 5. The van der Waals surface area contributed by atoms with Gasteiger partial charge in [0, 0.05) is 18.7 Å². The Kier molecular flexibility index (Phi) is 5.30. The molecule has 2 unspecified atom stereocenters. The van der Waals surface area contributed by atoms with Crippen molar-refractivity contribution in [2.24, 2.45) is 11.7 Å². The van der Waals surface area contributed by atoms with Gasteiger partial charge in [0.1, 0.15) is 0 Å². The molecular formula is C14H21N3O3S. The van der Waals surface area contributed by atoms with E-state index in [0.29, 0.717) is 23.9 Å². The molecule has 1 saturated carbocycles. The summed E-state index contributed by atoms with van der Waals surface area (Å²) >= 11 is 0.944. The van der Waals surface area contributed by atoms with Crippen molar-refractivity contribution in [3.05, 3.63) is 27.1 Å². The molecule has 1 aromatic heterocycles. The molecule has 116 valence electrons. The summed E-state index contributed by atoms with van der Waals surface area (Å²) in [5.74, 6) is 0.221. The molecule has 0 spiro atoms. The molecule has 2 atom stereocenters. The molecule has 1 amide bonds. The molecule has 21 heavy (non-hydrogen) atoms. The summed E-state index contributed by atoms with van der Waals surface area (Å²) in [5, 5.41) is 10.8. The second-order valence-corrected chi connectivity index (χ2v) is 6.40. The van der Waals surface area contributed by atoms with Crippen LogP contribution in [0.3, 0.4) is 0 Å². The molecule has 0 aromatic carbocycles. The van der Waals surface area contributed by atoms with E-state index in [0.717, 1.165) is 37.0 Å². The van der Waals surface area contributed by atoms with Gasteiger partial charge in [0.2, 0.25) is 0 Å². The van der Waals surface area contributed by atoms with Crippen LogP contribution in [-0.4, -0.2) is 34.9 Å². The summed E-state index contributed by atoms with van der Waals surface area (Å²) in [5.41, 5.74) is 5.84. The van der Waals surface area contributed by atoms with E-state index >= 15 is 0 Å². The van der Waals surface area contributed by atoms with Crippen LogP contribution in [0.4, 0.5) is 5.00 Å². The lowest BCUT2D eigenvalue weighted by atomic mass is 9.83. The Morgan fingerprint density at radius 3 is 2.76 bits per heavy atom. The Labute approximate surface area is 128 Å². The number of thiophene rings is 1. The van der Waals surface area contributed by atoms with E-state index in [2.05, 4.69) is 0 Å². The third-order valence-corrected chi connectivity index (χ3v) is 5.18. The van der Waals surface area contributed by atoms with Gasteiger partial charge in [-0.15, -0.1) is 0 Å². The van der Waals surface area contributed by atoms with Crippen molar-refractivity contribution >= 4 is 22.2 Å². The largest absolute Gasteiger partial charge is 0.335 e. The SMILES string of the molecule is CCN(C(=O)c1ccc([N+](=O)[O-])s1)C1CCCCC1CN. The first-order valence-corrected chi connectivity index (χ1v) is 8.15. The van der Waals surface area contributed by atoms with Crippen molar-refractivity contribution in [2.75, 3.05) is 13.1 Å². The average Bonchev–Trinajstić information content (AvgIpc) is 2.98. The minimum absolute atomic E-state index is 0.00780. The Morgan fingerprint density at radius 2 is 2.19 bits per heavy atom. The fraction of sp³-hybridized carbons (Fsp3) is 0.643. The Morgan fingerprint density at radius 1 is 1.48 bits per heavy atom. The summed E-state index contributed by atoms with van der Waals surface area (Å²) in [6.45, 7) is 3.13. The minimum atomic E-state index is -0.457. The monoisotopic (exact) mass is 311 g/mol. The Hall–Kier alpha value is -1.47. The molecular weight excluding hydrogens is 290 g/mol. The highest BCUT2D eigenvalue weighted by molar-refractivity contribution is 7.17. The van der Waals surface area contributed by atoms with Crippen LogP contribution in [-0.2, 0) is 0 Å². The number of hydrogen-bond donors (Lipinski definition) is 1. The molecule has 0 aliphatic heterocycles. The van der Waals surface area contributed by atoms with E-state index in [-0.39, 0.29) is 17.0 Å². The number of nitro groups is 1. The van der Waals surface area contributed by atoms with Gasteiger partial charge in [0.05, 0.1) is 9.80 Å². The van der Waals surface area contributed by atoms with Crippen LogP contribution < -0.4 is 5.73 Å². The zero-order valence-corrected chi connectivity index (χ0v) is 13.0. The zero-order chi connectivity index (χ0) is 15.4. The molecule has 0 saturated heterocycles. The molecule has 1 aliphatic rings. The summed E-state index contributed by atoms with van der Waals surface area (Å²) in [6.07, 6.45) is 4.29. The standard InChI is InChI=1S/C14H21N3O3S/c1-2-16(11-6-4-3-5-10(11)9-15)14(18)12-7-8-13(21-12)17(19)20/h7-8,10-11H,2-6,9,15H2,1H3. The molecule has 1 aromatic rings. The van der Waals surface area contributed by atoms with E-state index < -0.39 is 4.92 Å². The van der Waals surface area contributed by atoms with E-state index in [1.165, 1.54) is 6.07 Å². The molecule has 1 fully saturated rings. The maximum atomic E-state index is 12.6. The van der Waals surface area contributed by atoms with Gasteiger partial charge in [0.15, 0.2) is 0 Å². The van der Waals surface area contributed by atoms with Crippen LogP contribution in [0, 0.1) is 16.0 Å². The second kappa shape index (κ2) is 7.00. The van der Waals surface area contributed by atoms with Crippen LogP contribution in [0.2, 0.25) is 0 Å². The van der Waals surface area contributed by atoms with Crippen LogP contribution in [0.1, 0.15) is 42.3 Å². The summed E-state index contributed by atoms with van der Waals surface area (Å²) in [6, 6.07) is 3.10. The molecule has 7 heteroatoms. The molecule has 2 N–H and O–H groups in total. The molecule has 0 bridgehead atoms. The molecule has 6 nitrogen and oxygen atoms in total. The number of carbonyl (C=O) groups excluding carboxylic acids is 1. The Bertz CT molecular complexity index is 517. The predicted octanol–water partition coefficient (Wildman–Crippen LogP) is 2.64. The summed E-state index contributed by atoms with van der Waals surface area (Å²) in [4.78, 5) is 25.2. The molecule has 1 aliphatic carbocycles. The van der Waals surface area contributed by atoms with Gasteiger partial charge in [-0.3, -0.25) is 14.9 Å². The fourth-order valence-corrected chi connectivity index (χ4v) is 3.86. The lowest BCUT2D eigenvalue weighted by Crippen LogP contribution is -2.47. The summed E-state index contributed by atoms with van der Waals surface area (Å²) in [7, 11) is 0. The normalized spacial score (nSPS) is 22.0. The van der Waals surface area contributed by atoms with Gasteiger partial charge in [0.25, 0.3) is 5.91 Å². The zero-order valence-electron chi connectivity index (χ0n) is 12.2. The van der Waals surface area contributed by atoms with Crippen LogP contribution >= 0.6 is 11.3 Å². The highest BCUT2D eigenvalue weighted by Crippen LogP contribution is 2.31. The van der Waals surface area contributed by atoms with Gasteiger partial charge >= 0.3 is 5.00 Å². The van der Waals surface area contributed by atoms with Gasteiger partial charge in [-0.2, -0.15) is 0 Å². The number of rotatable bonds is 5. The third kappa shape index (κ3) is 3.41. The molecule has 2 rings (SSSR count). The maximum absolute atomic E-state index is 12.6. The lowest BCUT2D eigenvalue weighted by molar-refractivity contribution is -0.380. The first-order valence-electron chi connectivity index (χ1n) is 7.33. The lowest BCUT2D eigenvalue weighted by Gasteiger charge is -2.39. The number of amides is 1. The summed E-state index contributed by atoms with van der Waals surface area (Å²) < 4.78 is 0. The highest BCUT2D eigenvalue weighted by Gasteiger charge is 2.32. The Balaban J connectivity index is 2.18. The second-order valence-electron chi connectivity index (χ2n) is 5.33. The average molecular weight is 311 g/mol. The van der Waals surface area contributed by atoms with E-state index in [1.54, 1.807) is 6.07 Å². The van der Waals surface area contributed by atoms with Crippen molar-refractivity contribution in [1.29, 1.82) is 0 Å². The van der Waals surface area contributed by atoms with Crippen molar-refractivity contribution in [3.8, 4) is 0 Å². The first-order chi connectivity index (χ1) is 10.1. The number of nitrogens with zero attached hydrogens (tertiary/aromatic N) is 2. The first kappa shape index (κ1) is 15.9. The van der Waals surface area contributed by atoms with Crippen molar-refractivity contribution in [2.45, 2.75) is 38.6 Å². The maximum Gasteiger partial charge on any atom is 0.324 e. The van der Waals surface area contributed by atoms with Gasteiger partial charge < -0.3 is 10.6 Å². The van der Waals surface area contributed by atoms with E-state index in [1.807, 2.05) is 11.8 Å². The predicted molar refractivity (Wildman–Crippen MR) is 82.5 cm³/mol. The minimum Gasteiger partial charge on any atom is -0.335 e. The van der Waals surface area contributed by atoms with Crippen LogP contribution in [0.15, 0.2) is 12.1 Å². The van der Waals surface area contributed by atoms with Crippen LogP contribution in [0.25, 0.3) is 0 Å². The number of nitrogens with two attached hydrogens (primary N) is 1. The van der Waals surface area contributed by atoms with Crippen molar-refractivity contribution in [1.82, 2.24) is 4.90 Å². The van der Waals surface area contributed by atoms with Crippen molar-refractivity contribution < 1.29 is 9.72 Å². The smallest absolute Gasteiger partial charge is 0.324 e. The molecule has 1 heterocycles. The van der Waals surface area contributed by atoms with E-state index in [4.69, 9.17) is 5.73 Å². The molecule has 0 radical (unpaired) electrons. The highest BCUT2D eigenvalue weighted by atomic mass is 32.1.